The Kier molecular flexibility index (Phi) is 3.76. The molecule has 0 aliphatic carbocycles. The van der Waals surface area contributed by atoms with E-state index in [4.69, 9.17) is 10.5 Å². The summed E-state index contributed by atoms with van der Waals surface area (Å²) >= 11 is 1.72. The Hall–Kier alpha value is -1.39. The van der Waals surface area contributed by atoms with Crippen molar-refractivity contribution in [1.29, 1.82) is 0 Å². The van der Waals surface area contributed by atoms with E-state index in [1.165, 1.54) is 4.88 Å². The monoisotopic (exact) mass is 248 g/mol. The lowest BCUT2D eigenvalue weighted by Crippen LogP contribution is -2.10. The minimum absolute atomic E-state index is 0.534. The Balaban J connectivity index is 2.17. The van der Waals surface area contributed by atoms with Gasteiger partial charge in [-0.2, -0.15) is 0 Å². The zero-order valence-electron chi connectivity index (χ0n) is 10.1. The van der Waals surface area contributed by atoms with Crippen molar-refractivity contribution in [3.05, 3.63) is 34.8 Å². The van der Waals surface area contributed by atoms with Crippen molar-refractivity contribution in [3.8, 4) is 16.3 Å². The molecule has 0 fully saturated rings. The molecular formula is C13H16N2OS. The highest BCUT2D eigenvalue weighted by atomic mass is 32.1. The Bertz CT molecular complexity index is 471. The van der Waals surface area contributed by atoms with Crippen LogP contribution in [0.2, 0.25) is 0 Å². The van der Waals surface area contributed by atoms with Crippen molar-refractivity contribution >= 4 is 11.3 Å². The molecule has 0 saturated heterocycles. The molecule has 1 aromatic heterocycles. The smallest absolute Gasteiger partial charge is 0.123 e. The second-order valence-electron chi connectivity index (χ2n) is 3.82. The first kappa shape index (κ1) is 12.1. The van der Waals surface area contributed by atoms with Crippen LogP contribution in [0.5, 0.6) is 5.75 Å². The maximum absolute atomic E-state index is 5.43. The van der Waals surface area contributed by atoms with Crippen LogP contribution in [0.1, 0.15) is 10.6 Å². The van der Waals surface area contributed by atoms with Crippen LogP contribution in [0.4, 0.5) is 0 Å². The van der Waals surface area contributed by atoms with Gasteiger partial charge in [-0.3, -0.25) is 0 Å². The van der Waals surface area contributed by atoms with Crippen LogP contribution in [0.25, 0.3) is 10.6 Å². The van der Waals surface area contributed by atoms with Crippen LogP contribution in [-0.4, -0.2) is 18.1 Å². The molecule has 90 valence electrons. The first-order valence-electron chi connectivity index (χ1n) is 5.58. The molecule has 17 heavy (non-hydrogen) atoms. The summed E-state index contributed by atoms with van der Waals surface area (Å²) in [4.78, 5) is 5.80. The van der Waals surface area contributed by atoms with E-state index < -0.39 is 0 Å². The van der Waals surface area contributed by atoms with Gasteiger partial charge in [-0.05, 0) is 38.1 Å². The molecule has 0 bridgehead atoms. The van der Waals surface area contributed by atoms with Crippen molar-refractivity contribution < 1.29 is 4.74 Å². The third-order valence-corrected chi connectivity index (χ3v) is 3.64. The molecule has 0 aliphatic rings. The average molecular weight is 248 g/mol. The van der Waals surface area contributed by atoms with Crippen molar-refractivity contribution in [2.24, 2.45) is 5.73 Å². The molecule has 0 amide bonds. The lowest BCUT2D eigenvalue weighted by molar-refractivity contribution is 0.328. The van der Waals surface area contributed by atoms with Crippen LogP contribution >= 0.6 is 11.3 Å². The second kappa shape index (κ2) is 5.29. The molecule has 3 nitrogen and oxygen atoms in total. The molecule has 0 aliphatic heterocycles. The number of ether oxygens (including phenoxy) is 1. The van der Waals surface area contributed by atoms with Gasteiger partial charge in [-0.1, -0.05) is 0 Å². The Morgan fingerprint density at radius 1 is 1.24 bits per heavy atom. The molecule has 0 unspecified atom stereocenters. The first-order chi connectivity index (χ1) is 8.20. The molecule has 2 aromatic rings. The summed E-state index contributed by atoms with van der Waals surface area (Å²) < 4.78 is 5.43. The zero-order chi connectivity index (χ0) is 12.3. The highest BCUT2D eigenvalue weighted by molar-refractivity contribution is 7.15. The Morgan fingerprint density at radius 3 is 2.47 bits per heavy atom. The Morgan fingerprint density at radius 2 is 1.94 bits per heavy atom. The Labute approximate surface area is 105 Å². The highest BCUT2D eigenvalue weighted by Gasteiger charge is 2.06. The van der Waals surface area contributed by atoms with E-state index in [-0.39, 0.29) is 0 Å². The number of hydrogen-bond donors (Lipinski definition) is 1. The van der Waals surface area contributed by atoms with Gasteiger partial charge in [-0.15, -0.1) is 11.3 Å². The van der Waals surface area contributed by atoms with Crippen molar-refractivity contribution in [2.75, 3.05) is 13.2 Å². The summed E-state index contributed by atoms with van der Waals surface area (Å²) in [6, 6.07) is 7.97. The number of aromatic nitrogens is 1. The fraction of sp³-hybridized carbons (Fsp3) is 0.308. The summed E-state index contributed by atoms with van der Waals surface area (Å²) in [6.45, 7) is 5.21. The first-order valence-corrected chi connectivity index (χ1v) is 6.39. The third kappa shape index (κ3) is 2.84. The zero-order valence-corrected chi connectivity index (χ0v) is 10.9. The van der Waals surface area contributed by atoms with Gasteiger partial charge in [0.15, 0.2) is 0 Å². The van der Waals surface area contributed by atoms with E-state index >= 15 is 0 Å². The van der Waals surface area contributed by atoms with Crippen LogP contribution in [0.3, 0.4) is 0 Å². The van der Waals surface area contributed by atoms with Gasteiger partial charge >= 0.3 is 0 Å². The van der Waals surface area contributed by atoms with E-state index in [2.05, 4.69) is 11.9 Å². The lowest BCUT2D eigenvalue weighted by atomic mass is 10.2. The summed E-state index contributed by atoms with van der Waals surface area (Å²) in [6.07, 6.45) is 0. The minimum atomic E-state index is 0.534. The number of benzene rings is 1. The van der Waals surface area contributed by atoms with Crippen molar-refractivity contribution in [3.63, 3.8) is 0 Å². The fourth-order valence-corrected chi connectivity index (χ4v) is 2.39. The molecular weight excluding hydrogens is 232 g/mol. The molecule has 1 heterocycles. The number of rotatable bonds is 4. The summed E-state index contributed by atoms with van der Waals surface area (Å²) in [5.74, 6) is 0.851. The van der Waals surface area contributed by atoms with E-state index in [1.807, 2.05) is 31.2 Å². The topological polar surface area (TPSA) is 48.1 Å². The largest absolute Gasteiger partial charge is 0.492 e. The molecule has 4 heteroatoms. The number of nitrogens with two attached hydrogens (primary N) is 1. The molecule has 0 atom stereocenters. The standard InChI is InChI=1S/C13H16N2OS/c1-9-10(2)17-13(15-9)11-3-5-12(6-4-11)16-8-7-14/h3-6H,7-8,14H2,1-2H3. The average Bonchev–Trinajstić information content (AvgIpc) is 2.68. The van der Waals surface area contributed by atoms with Crippen molar-refractivity contribution in [1.82, 2.24) is 4.98 Å². The number of thiazole rings is 1. The normalized spacial score (nSPS) is 10.5. The van der Waals surface area contributed by atoms with Crippen LogP contribution < -0.4 is 10.5 Å². The molecule has 1 aromatic carbocycles. The lowest BCUT2D eigenvalue weighted by Gasteiger charge is -2.04. The maximum Gasteiger partial charge on any atom is 0.123 e. The number of nitrogens with zero attached hydrogens (tertiary/aromatic N) is 1. The van der Waals surface area contributed by atoms with Crippen LogP contribution in [0, 0.1) is 13.8 Å². The predicted octanol–water partition coefficient (Wildman–Crippen LogP) is 2.76. The van der Waals surface area contributed by atoms with Gasteiger partial charge in [0.25, 0.3) is 0 Å². The quantitative estimate of drug-likeness (QED) is 0.905. The molecule has 2 N–H and O–H groups in total. The summed E-state index contributed by atoms with van der Waals surface area (Å²) in [5, 5.41) is 1.06. The van der Waals surface area contributed by atoms with E-state index in [1.54, 1.807) is 11.3 Å². The fourth-order valence-electron chi connectivity index (χ4n) is 1.47. The molecule has 2 rings (SSSR count). The van der Waals surface area contributed by atoms with Gasteiger partial charge in [0.2, 0.25) is 0 Å². The van der Waals surface area contributed by atoms with E-state index in [0.717, 1.165) is 22.0 Å². The number of hydrogen-bond acceptors (Lipinski definition) is 4. The van der Waals surface area contributed by atoms with Gasteiger partial charge in [-0.25, -0.2) is 4.98 Å². The second-order valence-corrected chi connectivity index (χ2v) is 5.03. The minimum Gasteiger partial charge on any atom is -0.492 e. The summed E-state index contributed by atoms with van der Waals surface area (Å²) in [7, 11) is 0. The van der Waals surface area contributed by atoms with E-state index in [9.17, 15) is 0 Å². The van der Waals surface area contributed by atoms with Crippen molar-refractivity contribution in [2.45, 2.75) is 13.8 Å². The SMILES string of the molecule is Cc1nc(-c2ccc(OCCN)cc2)sc1C. The van der Waals surface area contributed by atoms with Gasteiger partial charge in [0.05, 0.1) is 5.69 Å². The maximum atomic E-state index is 5.43. The number of aryl methyl sites for hydroxylation is 2. The molecule has 0 saturated carbocycles. The van der Waals surface area contributed by atoms with Gasteiger partial charge in [0.1, 0.15) is 17.4 Å². The van der Waals surface area contributed by atoms with Gasteiger partial charge in [0, 0.05) is 17.0 Å². The third-order valence-electron chi connectivity index (χ3n) is 2.52. The highest BCUT2D eigenvalue weighted by Crippen LogP contribution is 2.28. The summed E-state index contributed by atoms with van der Waals surface area (Å²) in [5.41, 5.74) is 7.62. The van der Waals surface area contributed by atoms with Crippen LogP contribution in [0.15, 0.2) is 24.3 Å². The van der Waals surface area contributed by atoms with Crippen LogP contribution in [-0.2, 0) is 0 Å². The predicted molar refractivity (Wildman–Crippen MR) is 71.6 cm³/mol. The van der Waals surface area contributed by atoms with Gasteiger partial charge < -0.3 is 10.5 Å². The molecule has 0 spiro atoms. The molecule has 0 radical (unpaired) electrons. The van der Waals surface area contributed by atoms with E-state index in [0.29, 0.717) is 13.2 Å².